The second-order valence-electron chi connectivity index (χ2n) is 11.9. The standard InChI is InChI=1S/C29H44N4O6/c1-29(2,3)25(31-27(36)22(18-33(38)19-34)17-20-7-5-6-8-20)28(37)32-15-13-24(14-16-32)39-23-11-9-21(10-12-23)26(35)30-4/h9-12,19-20,22,24-25,38H,5-8,13-18H2,1-4H3,(H,30,35)(H,31,36)/t22-,25?/m1/s1. The van der Waals surface area contributed by atoms with Crippen LogP contribution in [0.3, 0.4) is 0 Å². The third-order valence-electron chi connectivity index (χ3n) is 7.79. The van der Waals surface area contributed by atoms with E-state index in [9.17, 15) is 24.4 Å². The molecule has 10 heteroatoms. The molecule has 2 atom stereocenters. The number of piperidine rings is 1. The molecule has 1 aromatic carbocycles. The molecular weight excluding hydrogens is 500 g/mol. The minimum atomic E-state index is -0.742. The summed E-state index contributed by atoms with van der Waals surface area (Å²) in [6.07, 6.45) is 6.45. The summed E-state index contributed by atoms with van der Waals surface area (Å²) in [5.41, 5.74) is 0.0255. The molecule has 0 radical (unpaired) electrons. The lowest BCUT2D eigenvalue weighted by atomic mass is 9.84. The van der Waals surface area contributed by atoms with Crippen molar-refractivity contribution in [2.24, 2.45) is 17.3 Å². The molecule has 2 fully saturated rings. The molecule has 0 aromatic heterocycles. The first-order valence-corrected chi connectivity index (χ1v) is 14.0. The van der Waals surface area contributed by atoms with E-state index in [1.807, 2.05) is 20.8 Å². The smallest absolute Gasteiger partial charge is 0.251 e. The molecule has 2 aliphatic rings. The molecule has 3 N–H and O–H groups in total. The van der Waals surface area contributed by atoms with E-state index in [0.717, 1.165) is 25.7 Å². The van der Waals surface area contributed by atoms with Crippen molar-refractivity contribution in [2.45, 2.75) is 77.9 Å². The Labute approximate surface area is 231 Å². The van der Waals surface area contributed by atoms with Gasteiger partial charge in [0.2, 0.25) is 18.2 Å². The van der Waals surface area contributed by atoms with Crippen LogP contribution in [-0.4, -0.2) is 78.1 Å². The Morgan fingerprint density at radius 2 is 1.72 bits per heavy atom. The number of carbonyl (C=O) groups excluding carboxylic acids is 4. The summed E-state index contributed by atoms with van der Waals surface area (Å²) in [6.45, 7) is 6.67. The van der Waals surface area contributed by atoms with Crippen LogP contribution >= 0.6 is 0 Å². The number of ether oxygens (including phenoxy) is 1. The molecular formula is C29H44N4O6. The number of hydrogen-bond donors (Lipinski definition) is 3. The normalized spacial score (nSPS) is 18.2. The Kier molecular flexibility index (Phi) is 10.7. The van der Waals surface area contributed by atoms with Crippen molar-refractivity contribution in [3.63, 3.8) is 0 Å². The molecule has 1 unspecified atom stereocenters. The van der Waals surface area contributed by atoms with E-state index < -0.39 is 17.4 Å². The van der Waals surface area contributed by atoms with E-state index in [1.54, 1.807) is 36.2 Å². The largest absolute Gasteiger partial charge is 0.490 e. The van der Waals surface area contributed by atoms with Crippen LogP contribution in [0, 0.1) is 17.3 Å². The minimum Gasteiger partial charge on any atom is -0.490 e. The molecule has 39 heavy (non-hydrogen) atoms. The molecule has 10 nitrogen and oxygen atoms in total. The van der Waals surface area contributed by atoms with Gasteiger partial charge in [0.25, 0.3) is 5.91 Å². The van der Waals surface area contributed by atoms with Crippen LogP contribution in [0.15, 0.2) is 24.3 Å². The van der Waals surface area contributed by atoms with Crippen molar-refractivity contribution in [3.05, 3.63) is 29.8 Å². The number of benzene rings is 1. The number of nitrogens with one attached hydrogen (secondary N) is 2. The predicted molar refractivity (Wildman–Crippen MR) is 146 cm³/mol. The number of likely N-dealkylation sites (tertiary alicyclic amines) is 1. The van der Waals surface area contributed by atoms with Crippen LogP contribution in [0.5, 0.6) is 5.75 Å². The van der Waals surface area contributed by atoms with E-state index in [1.165, 1.54) is 0 Å². The van der Waals surface area contributed by atoms with Gasteiger partial charge in [-0.15, -0.1) is 0 Å². The van der Waals surface area contributed by atoms with Gasteiger partial charge in [0.1, 0.15) is 17.9 Å². The van der Waals surface area contributed by atoms with Crippen molar-refractivity contribution in [1.29, 1.82) is 0 Å². The van der Waals surface area contributed by atoms with Crippen molar-refractivity contribution in [2.75, 3.05) is 26.7 Å². The van der Waals surface area contributed by atoms with Gasteiger partial charge in [-0.3, -0.25) is 24.4 Å². The lowest BCUT2D eigenvalue weighted by Gasteiger charge is -2.39. The molecule has 1 heterocycles. The van der Waals surface area contributed by atoms with Crippen molar-refractivity contribution < 1.29 is 29.1 Å². The van der Waals surface area contributed by atoms with Gasteiger partial charge in [-0.25, -0.2) is 5.06 Å². The molecule has 1 aliphatic carbocycles. The number of rotatable bonds is 11. The van der Waals surface area contributed by atoms with Crippen LogP contribution in [0.1, 0.15) is 76.1 Å². The van der Waals surface area contributed by atoms with E-state index >= 15 is 0 Å². The summed E-state index contributed by atoms with van der Waals surface area (Å²) >= 11 is 0. The topological polar surface area (TPSA) is 128 Å². The monoisotopic (exact) mass is 544 g/mol. The molecule has 1 aromatic rings. The summed E-state index contributed by atoms with van der Waals surface area (Å²) < 4.78 is 6.09. The summed E-state index contributed by atoms with van der Waals surface area (Å²) in [5, 5.41) is 15.9. The molecule has 1 saturated heterocycles. The van der Waals surface area contributed by atoms with Crippen LogP contribution in [0.4, 0.5) is 0 Å². The first-order valence-electron chi connectivity index (χ1n) is 14.0. The SMILES string of the molecule is CNC(=O)c1ccc(OC2CCN(C(=O)C(NC(=O)[C@H](CC3CCCC3)CN(O)C=O)C(C)(C)C)CC2)cc1. The van der Waals surface area contributed by atoms with Gasteiger partial charge in [0.15, 0.2) is 0 Å². The third-order valence-corrected chi connectivity index (χ3v) is 7.79. The van der Waals surface area contributed by atoms with Crippen molar-refractivity contribution in [1.82, 2.24) is 20.6 Å². The zero-order valence-electron chi connectivity index (χ0n) is 23.7. The average molecular weight is 545 g/mol. The van der Waals surface area contributed by atoms with Crippen LogP contribution in [-0.2, 0) is 14.4 Å². The maximum absolute atomic E-state index is 13.6. The fraction of sp³-hybridized carbons (Fsp3) is 0.655. The quantitative estimate of drug-likeness (QED) is 0.223. The van der Waals surface area contributed by atoms with Crippen LogP contribution in [0.2, 0.25) is 0 Å². The van der Waals surface area contributed by atoms with E-state index in [2.05, 4.69) is 10.6 Å². The van der Waals surface area contributed by atoms with Gasteiger partial charge < -0.3 is 20.3 Å². The minimum absolute atomic E-state index is 0.0581. The van der Waals surface area contributed by atoms with Gasteiger partial charge in [-0.1, -0.05) is 46.5 Å². The Bertz CT molecular complexity index is 978. The highest BCUT2D eigenvalue weighted by atomic mass is 16.5. The van der Waals surface area contributed by atoms with Gasteiger partial charge in [0.05, 0.1) is 12.5 Å². The number of amides is 4. The zero-order valence-corrected chi connectivity index (χ0v) is 23.7. The van der Waals surface area contributed by atoms with E-state index in [4.69, 9.17) is 4.74 Å². The molecule has 1 saturated carbocycles. The van der Waals surface area contributed by atoms with Gasteiger partial charge in [-0.05, 0) is 42.0 Å². The molecule has 3 rings (SSSR count). The molecule has 0 spiro atoms. The Morgan fingerprint density at radius 3 is 2.26 bits per heavy atom. The first kappa shape index (κ1) is 30.4. The highest BCUT2D eigenvalue weighted by molar-refractivity contribution is 5.94. The molecule has 1 aliphatic heterocycles. The third kappa shape index (κ3) is 8.68. The molecule has 4 amide bonds. The first-order chi connectivity index (χ1) is 18.5. The van der Waals surface area contributed by atoms with Gasteiger partial charge in [0, 0.05) is 38.5 Å². The lowest BCUT2D eigenvalue weighted by molar-refractivity contribution is -0.156. The van der Waals surface area contributed by atoms with Crippen molar-refractivity contribution >= 4 is 24.1 Å². The highest BCUT2D eigenvalue weighted by Gasteiger charge is 2.39. The zero-order chi connectivity index (χ0) is 28.6. The second-order valence-corrected chi connectivity index (χ2v) is 11.9. The number of carbonyl (C=O) groups is 4. The molecule has 0 bridgehead atoms. The average Bonchev–Trinajstić information content (AvgIpc) is 3.43. The van der Waals surface area contributed by atoms with E-state index in [-0.39, 0.29) is 30.4 Å². The number of nitrogens with zero attached hydrogens (tertiary/aromatic N) is 2. The highest BCUT2D eigenvalue weighted by Crippen LogP contribution is 2.31. The summed E-state index contributed by atoms with van der Waals surface area (Å²) in [5.74, 6) is -0.141. The fourth-order valence-electron chi connectivity index (χ4n) is 5.49. The molecule has 216 valence electrons. The lowest BCUT2D eigenvalue weighted by Crippen LogP contribution is -2.58. The summed E-state index contributed by atoms with van der Waals surface area (Å²) in [4.78, 5) is 51.6. The van der Waals surface area contributed by atoms with Crippen molar-refractivity contribution in [3.8, 4) is 5.75 Å². The van der Waals surface area contributed by atoms with Crippen LogP contribution < -0.4 is 15.4 Å². The maximum atomic E-state index is 13.6. The number of hydrogen-bond acceptors (Lipinski definition) is 6. The summed E-state index contributed by atoms with van der Waals surface area (Å²) in [7, 11) is 1.59. The predicted octanol–water partition coefficient (Wildman–Crippen LogP) is 2.99. The second kappa shape index (κ2) is 13.8. The maximum Gasteiger partial charge on any atom is 0.251 e. The Balaban J connectivity index is 1.60. The summed E-state index contributed by atoms with van der Waals surface area (Å²) in [6, 6.07) is 6.23. The Hall–Kier alpha value is -3.14. The van der Waals surface area contributed by atoms with Gasteiger partial charge >= 0.3 is 0 Å². The van der Waals surface area contributed by atoms with E-state index in [0.29, 0.717) is 61.1 Å². The fourth-order valence-corrected chi connectivity index (χ4v) is 5.49. The van der Waals surface area contributed by atoms with Gasteiger partial charge in [-0.2, -0.15) is 0 Å². The number of hydroxylamine groups is 2. The Morgan fingerprint density at radius 1 is 1.10 bits per heavy atom. The van der Waals surface area contributed by atoms with Crippen LogP contribution in [0.25, 0.3) is 0 Å².